The predicted octanol–water partition coefficient (Wildman–Crippen LogP) is 4.81. The molecule has 2 aromatic carbocycles. The van der Waals surface area contributed by atoms with Gasteiger partial charge in [0.2, 0.25) is 4.96 Å². The number of carbonyl (C=O) groups is 1. The van der Waals surface area contributed by atoms with Crippen LogP contribution in [0, 0.1) is 6.92 Å². The van der Waals surface area contributed by atoms with Gasteiger partial charge in [-0.2, -0.15) is 4.98 Å². The third-order valence-electron chi connectivity index (χ3n) is 4.69. The monoisotopic (exact) mass is 399 g/mol. The number of nitrogens with one attached hydrogen (secondary N) is 1. The van der Waals surface area contributed by atoms with E-state index in [1.165, 1.54) is 16.9 Å². The third-order valence-corrected chi connectivity index (χ3v) is 5.50. The predicted molar refractivity (Wildman–Crippen MR) is 115 cm³/mol. The molecule has 0 radical (unpaired) electrons. The summed E-state index contributed by atoms with van der Waals surface area (Å²) in [4.78, 5) is 17.8. The van der Waals surface area contributed by atoms with Crippen molar-refractivity contribution in [3.8, 4) is 16.9 Å². The molecule has 7 heteroatoms. The molecular weight excluding hydrogens is 382 g/mol. The smallest absolute Gasteiger partial charge is 0.258 e. The van der Waals surface area contributed by atoms with Gasteiger partial charge in [-0.3, -0.25) is 10.1 Å². The molecule has 0 unspecified atom stereocenters. The molecule has 0 atom stereocenters. The van der Waals surface area contributed by atoms with Crippen molar-refractivity contribution < 1.29 is 4.79 Å². The minimum atomic E-state index is -0.237. The van der Waals surface area contributed by atoms with E-state index >= 15 is 0 Å². The van der Waals surface area contributed by atoms with Crippen molar-refractivity contribution in [3.05, 3.63) is 89.6 Å². The summed E-state index contributed by atoms with van der Waals surface area (Å²) in [5.74, 6) is 0.0592. The molecule has 0 aliphatic carbocycles. The molecule has 29 heavy (non-hydrogen) atoms. The summed E-state index contributed by atoms with van der Waals surface area (Å²) in [6, 6.07) is 19.6. The molecule has 3 heterocycles. The van der Waals surface area contributed by atoms with Crippen LogP contribution in [0.5, 0.6) is 0 Å². The Labute approximate surface area is 171 Å². The number of hydrogen-bond donors (Lipinski definition) is 1. The molecule has 3 aromatic heterocycles. The Hall–Kier alpha value is -3.71. The molecule has 1 N–H and O–H groups in total. The normalized spacial score (nSPS) is 11.1. The molecule has 5 aromatic rings. The Bertz CT molecular complexity index is 1280. The molecule has 0 aliphatic heterocycles. The van der Waals surface area contributed by atoms with E-state index in [1.807, 2.05) is 46.6 Å². The van der Waals surface area contributed by atoms with Crippen molar-refractivity contribution >= 4 is 28.2 Å². The van der Waals surface area contributed by atoms with Crippen LogP contribution in [0.1, 0.15) is 15.9 Å². The van der Waals surface area contributed by atoms with E-state index < -0.39 is 0 Å². The topological polar surface area (TPSA) is 64.2 Å². The fourth-order valence-corrected chi connectivity index (χ4v) is 3.95. The third kappa shape index (κ3) is 3.32. The quantitative estimate of drug-likeness (QED) is 0.472. The molecule has 0 spiro atoms. The molecule has 0 aliphatic rings. The lowest BCUT2D eigenvalue weighted by molar-refractivity contribution is 0.102. The van der Waals surface area contributed by atoms with Gasteiger partial charge < -0.3 is 4.57 Å². The number of fused-ring (bicyclic) bond motifs is 1. The van der Waals surface area contributed by atoms with Gasteiger partial charge in [0.25, 0.3) is 11.9 Å². The van der Waals surface area contributed by atoms with Crippen molar-refractivity contribution in [2.75, 3.05) is 5.32 Å². The molecule has 0 fully saturated rings. The first-order valence-electron chi connectivity index (χ1n) is 9.13. The number of anilines is 1. The number of aromatic nitrogens is 4. The maximum absolute atomic E-state index is 12.6. The number of hydrogen-bond acceptors (Lipinski definition) is 4. The number of benzene rings is 2. The molecule has 0 saturated heterocycles. The van der Waals surface area contributed by atoms with Crippen LogP contribution < -0.4 is 5.32 Å². The summed E-state index contributed by atoms with van der Waals surface area (Å²) >= 11 is 1.49. The zero-order valence-corrected chi connectivity index (χ0v) is 16.4. The summed E-state index contributed by atoms with van der Waals surface area (Å²) < 4.78 is 3.75. The highest BCUT2D eigenvalue weighted by Gasteiger charge is 2.14. The standard InChI is InChI=1S/C22H17N5OS/c1-15-4-6-16(7-5-15)19-14-29-22-24-21(25-27(19)22)23-20(28)17-8-10-18(11-9-17)26-12-2-3-13-26/h2-14H,1H3,(H,23,25,28). The Balaban J connectivity index is 1.37. The molecule has 0 bridgehead atoms. The Morgan fingerprint density at radius 3 is 2.45 bits per heavy atom. The molecule has 142 valence electrons. The molecule has 0 saturated carbocycles. The number of rotatable bonds is 4. The minimum absolute atomic E-state index is 0.237. The van der Waals surface area contributed by atoms with E-state index in [4.69, 9.17) is 0 Å². The van der Waals surface area contributed by atoms with Gasteiger partial charge in [0.15, 0.2) is 0 Å². The average Bonchev–Trinajstić information content (AvgIpc) is 3.46. The number of amides is 1. The summed E-state index contributed by atoms with van der Waals surface area (Å²) in [7, 11) is 0. The van der Waals surface area contributed by atoms with Gasteiger partial charge in [-0.15, -0.1) is 16.4 Å². The van der Waals surface area contributed by atoms with Crippen LogP contribution in [-0.4, -0.2) is 25.1 Å². The maximum Gasteiger partial charge on any atom is 0.258 e. The summed E-state index contributed by atoms with van der Waals surface area (Å²) in [5.41, 5.74) is 4.77. The SMILES string of the molecule is Cc1ccc(-c2csc3nc(NC(=O)c4ccc(-n5cccc5)cc4)nn23)cc1. The summed E-state index contributed by atoms with van der Waals surface area (Å²) in [6.07, 6.45) is 3.92. The highest BCUT2D eigenvalue weighted by molar-refractivity contribution is 7.15. The molecule has 6 nitrogen and oxygen atoms in total. The van der Waals surface area contributed by atoms with Crippen LogP contribution in [-0.2, 0) is 0 Å². The molecular formula is C22H17N5OS. The fraction of sp³-hybridized carbons (Fsp3) is 0.0455. The summed E-state index contributed by atoms with van der Waals surface area (Å²) in [5, 5.41) is 9.29. The van der Waals surface area contributed by atoms with E-state index in [0.717, 1.165) is 21.9 Å². The first-order chi connectivity index (χ1) is 14.2. The fourth-order valence-electron chi connectivity index (χ4n) is 3.12. The van der Waals surface area contributed by atoms with Gasteiger partial charge in [0.05, 0.1) is 5.69 Å². The lowest BCUT2D eigenvalue weighted by atomic mass is 10.1. The Morgan fingerprint density at radius 1 is 1.00 bits per heavy atom. The van der Waals surface area contributed by atoms with Crippen LogP contribution in [0.2, 0.25) is 0 Å². The summed E-state index contributed by atoms with van der Waals surface area (Å²) in [6.45, 7) is 2.06. The number of nitrogens with zero attached hydrogens (tertiary/aromatic N) is 4. The van der Waals surface area contributed by atoms with E-state index in [-0.39, 0.29) is 5.91 Å². The highest BCUT2D eigenvalue weighted by Crippen LogP contribution is 2.26. The van der Waals surface area contributed by atoms with Crippen molar-refractivity contribution in [3.63, 3.8) is 0 Å². The number of thiazole rings is 1. The highest BCUT2D eigenvalue weighted by atomic mass is 32.1. The van der Waals surface area contributed by atoms with Crippen LogP contribution in [0.4, 0.5) is 5.95 Å². The van der Waals surface area contributed by atoms with Gasteiger partial charge in [0.1, 0.15) is 0 Å². The second-order valence-corrected chi connectivity index (χ2v) is 7.54. The largest absolute Gasteiger partial charge is 0.324 e. The minimum Gasteiger partial charge on any atom is -0.324 e. The van der Waals surface area contributed by atoms with Crippen molar-refractivity contribution in [2.24, 2.45) is 0 Å². The van der Waals surface area contributed by atoms with E-state index in [0.29, 0.717) is 11.5 Å². The van der Waals surface area contributed by atoms with E-state index in [2.05, 4.69) is 46.6 Å². The molecule has 5 rings (SSSR count). The maximum atomic E-state index is 12.6. The van der Waals surface area contributed by atoms with Gasteiger partial charge in [0, 0.05) is 34.6 Å². The lowest BCUT2D eigenvalue weighted by Crippen LogP contribution is -2.13. The average molecular weight is 399 g/mol. The van der Waals surface area contributed by atoms with E-state index in [1.54, 1.807) is 16.6 Å². The lowest BCUT2D eigenvalue weighted by Gasteiger charge is -2.05. The van der Waals surface area contributed by atoms with Crippen LogP contribution in [0.25, 0.3) is 21.9 Å². The van der Waals surface area contributed by atoms with Gasteiger partial charge >= 0.3 is 0 Å². The van der Waals surface area contributed by atoms with Crippen LogP contribution >= 0.6 is 11.3 Å². The Morgan fingerprint density at radius 2 is 1.72 bits per heavy atom. The Kier molecular flexibility index (Phi) is 4.22. The van der Waals surface area contributed by atoms with E-state index in [9.17, 15) is 4.79 Å². The first kappa shape index (κ1) is 17.4. The van der Waals surface area contributed by atoms with Crippen molar-refractivity contribution in [1.82, 2.24) is 19.2 Å². The van der Waals surface area contributed by atoms with Crippen molar-refractivity contribution in [2.45, 2.75) is 6.92 Å². The second kappa shape index (κ2) is 7.03. The zero-order valence-electron chi connectivity index (χ0n) is 15.6. The number of aryl methyl sites for hydroxylation is 1. The number of carbonyl (C=O) groups excluding carboxylic acids is 1. The van der Waals surface area contributed by atoms with Crippen molar-refractivity contribution in [1.29, 1.82) is 0 Å². The molecule has 1 amide bonds. The van der Waals surface area contributed by atoms with Gasteiger partial charge in [-0.05, 0) is 43.3 Å². The second-order valence-electron chi connectivity index (χ2n) is 6.71. The van der Waals surface area contributed by atoms with Crippen LogP contribution in [0.3, 0.4) is 0 Å². The van der Waals surface area contributed by atoms with Gasteiger partial charge in [-0.25, -0.2) is 4.52 Å². The van der Waals surface area contributed by atoms with Gasteiger partial charge in [-0.1, -0.05) is 29.8 Å². The first-order valence-corrected chi connectivity index (χ1v) is 10.0. The zero-order chi connectivity index (χ0) is 19.8. The van der Waals surface area contributed by atoms with Crippen LogP contribution in [0.15, 0.2) is 78.4 Å².